The number of aliphatic hydroxyl groups excluding tert-OH is 1. The Bertz CT molecular complexity index is 349. The van der Waals surface area contributed by atoms with Gasteiger partial charge in [0.2, 0.25) is 0 Å². The molecule has 0 aliphatic heterocycles. The van der Waals surface area contributed by atoms with E-state index in [1.54, 1.807) is 7.05 Å². The highest BCUT2D eigenvalue weighted by Gasteiger charge is 2.14. The lowest BCUT2D eigenvalue weighted by Gasteiger charge is -2.04. The summed E-state index contributed by atoms with van der Waals surface area (Å²) in [6.07, 6.45) is 0. The first kappa shape index (κ1) is 11.4. The summed E-state index contributed by atoms with van der Waals surface area (Å²) >= 11 is 11.5. The van der Waals surface area contributed by atoms with E-state index in [-0.39, 0.29) is 19.1 Å². The Balaban J connectivity index is 2.85. The van der Waals surface area contributed by atoms with Gasteiger partial charge < -0.3 is 15.0 Å². The summed E-state index contributed by atoms with van der Waals surface area (Å²) in [7, 11) is 1.64. The lowest BCUT2D eigenvalue weighted by molar-refractivity contribution is 0.0936. The lowest BCUT2D eigenvalue weighted by Crippen LogP contribution is -2.27. The van der Waals surface area contributed by atoms with Crippen molar-refractivity contribution in [3.63, 3.8) is 0 Å². The number of amides is 1. The molecule has 6 heteroatoms. The summed E-state index contributed by atoms with van der Waals surface area (Å²) in [4.78, 5) is 11.4. The zero-order chi connectivity index (χ0) is 10.7. The van der Waals surface area contributed by atoms with Crippen molar-refractivity contribution < 1.29 is 9.90 Å². The molecule has 0 aliphatic rings. The van der Waals surface area contributed by atoms with Crippen LogP contribution in [0.4, 0.5) is 0 Å². The van der Waals surface area contributed by atoms with Crippen LogP contribution in [0.2, 0.25) is 10.2 Å². The van der Waals surface area contributed by atoms with Crippen molar-refractivity contribution in [1.29, 1.82) is 0 Å². The number of carbonyl (C=O) groups excluding carboxylic acids is 1. The van der Waals surface area contributed by atoms with Crippen LogP contribution in [0.25, 0.3) is 0 Å². The molecule has 0 atom stereocenters. The Morgan fingerprint density at radius 3 is 2.71 bits per heavy atom. The van der Waals surface area contributed by atoms with Crippen LogP contribution < -0.4 is 5.32 Å². The number of hydrogen-bond donors (Lipinski definition) is 2. The Morgan fingerprint density at radius 2 is 2.29 bits per heavy atom. The topological polar surface area (TPSA) is 54.3 Å². The molecule has 4 nitrogen and oxygen atoms in total. The molecule has 78 valence electrons. The quantitative estimate of drug-likeness (QED) is 0.825. The monoisotopic (exact) mass is 236 g/mol. The number of nitrogens with one attached hydrogen (secondary N) is 1. The highest BCUT2D eigenvalue weighted by Crippen LogP contribution is 2.24. The molecule has 0 fully saturated rings. The summed E-state index contributed by atoms with van der Waals surface area (Å²) in [5, 5.41) is 11.7. The molecule has 0 saturated heterocycles. The third-order valence-electron chi connectivity index (χ3n) is 1.75. The van der Waals surface area contributed by atoms with E-state index in [1.807, 2.05) is 0 Å². The third kappa shape index (κ3) is 2.20. The number of halogens is 2. The van der Waals surface area contributed by atoms with Crippen LogP contribution in [0.15, 0.2) is 6.07 Å². The molecule has 1 aromatic heterocycles. The van der Waals surface area contributed by atoms with Crippen molar-refractivity contribution in [3.05, 3.63) is 21.9 Å². The smallest absolute Gasteiger partial charge is 0.268 e. The number of nitrogens with zero attached hydrogens (tertiary/aromatic N) is 1. The maximum atomic E-state index is 11.4. The average molecular weight is 237 g/mol. The van der Waals surface area contributed by atoms with E-state index >= 15 is 0 Å². The highest BCUT2D eigenvalue weighted by atomic mass is 35.5. The van der Waals surface area contributed by atoms with Crippen molar-refractivity contribution in [2.45, 2.75) is 0 Å². The van der Waals surface area contributed by atoms with Crippen molar-refractivity contribution in [3.8, 4) is 0 Å². The van der Waals surface area contributed by atoms with E-state index in [0.717, 1.165) is 0 Å². The predicted octanol–water partition coefficient (Wildman–Crippen LogP) is 1.05. The van der Waals surface area contributed by atoms with Gasteiger partial charge in [-0.1, -0.05) is 23.2 Å². The molecule has 1 heterocycles. The predicted molar refractivity (Wildman–Crippen MR) is 54.9 cm³/mol. The molecular weight excluding hydrogens is 227 g/mol. The summed E-state index contributed by atoms with van der Waals surface area (Å²) in [5.41, 5.74) is 0.369. The lowest BCUT2D eigenvalue weighted by atomic mass is 10.4. The maximum absolute atomic E-state index is 11.4. The van der Waals surface area contributed by atoms with Gasteiger partial charge in [0.25, 0.3) is 5.91 Å². The molecule has 14 heavy (non-hydrogen) atoms. The maximum Gasteiger partial charge on any atom is 0.268 e. The molecule has 0 saturated carbocycles. The molecule has 0 aromatic carbocycles. The average Bonchev–Trinajstić information content (AvgIpc) is 2.42. The number of aromatic nitrogens is 1. The Morgan fingerprint density at radius 1 is 1.64 bits per heavy atom. The largest absolute Gasteiger partial charge is 0.395 e. The van der Waals surface area contributed by atoms with Crippen LogP contribution in [-0.2, 0) is 7.05 Å². The molecule has 1 aromatic rings. The van der Waals surface area contributed by atoms with Crippen LogP contribution in [0.5, 0.6) is 0 Å². The van der Waals surface area contributed by atoms with Gasteiger partial charge in [-0.2, -0.15) is 0 Å². The molecular formula is C8H10Cl2N2O2. The molecule has 0 radical (unpaired) electrons. The fraction of sp³-hybridized carbons (Fsp3) is 0.375. The standard InChI is InChI=1S/C8H10Cl2N2O2/c1-12-6(4-5(9)7(12)10)8(14)11-2-3-13/h4,13H,2-3H2,1H3,(H,11,14). The van der Waals surface area contributed by atoms with E-state index < -0.39 is 0 Å². The number of rotatable bonds is 3. The summed E-state index contributed by atoms with van der Waals surface area (Å²) in [5.74, 6) is -0.310. The minimum Gasteiger partial charge on any atom is -0.395 e. The molecule has 0 spiro atoms. The van der Waals surface area contributed by atoms with Crippen molar-refractivity contribution >= 4 is 29.1 Å². The minimum atomic E-state index is -0.310. The summed E-state index contributed by atoms with van der Waals surface area (Å²) in [6.45, 7) is 0.108. The zero-order valence-corrected chi connectivity index (χ0v) is 9.06. The first-order valence-electron chi connectivity index (χ1n) is 3.97. The van der Waals surface area contributed by atoms with Gasteiger partial charge in [-0.05, 0) is 6.07 Å². The second-order valence-electron chi connectivity index (χ2n) is 2.71. The van der Waals surface area contributed by atoms with Crippen LogP contribution in [0.1, 0.15) is 10.5 Å². The first-order chi connectivity index (χ1) is 6.57. The SMILES string of the molecule is Cn1c(C(=O)NCCO)cc(Cl)c1Cl. The summed E-state index contributed by atoms with van der Waals surface area (Å²) in [6, 6.07) is 1.48. The fourth-order valence-electron chi connectivity index (χ4n) is 1.02. The van der Waals surface area contributed by atoms with Gasteiger partial charge in [0.15, 0.2) is 0 Å². The molecule has 0 aliphatic carbocycles. The molecule has 1 amide bonds. The van der Waals surface area contributed by atoms with Gasteiger partial charge >= 0.3 is 0 Å². The number of aliphatic hydroxyl groups is 1. The van der Waals surface area contributed by atoms with E-state index in [0.29, 0.717) is 15.9 Å². The van der Waals surface area contributed by atoms with Crippen molar-refractivity contribution in [2.75, 3.05) is 13.2 Å². The second-order valence-corrected chi connectivity index (χ2v) is 3.47. The van der Waals surface area contributed by atoms with Crippen molar-refractivity contribution in [2.24, 2.45) is 7.05 Å². The van der Waals surface area contributed by atoms with Crippen LogP contribution >= 0.6 is 23.2 Å². The third-order valence-corrected chi connectivity index (χ3v) is 2.59. The number of hydrogen-bond acceptors (Lipinski definition) is 2. The van der Waals surface area contributed by atoms with Gasteiger partial charge in [-0.25, -0.2) is 0 Å². The highest BCUT2D eigenvalue weighted by molar-refractivity contribution is 6.41. The van der Waals surface area contributed by atoms with Crippen LogP contribution in [0, 0.1) is 0 Å². The minimum absolute atomic E-state index is 0.0996. The van der Waals surface area contributed by atoms with Crippen LogP contribution in [0.3, 0.4) is 0 Å². The molecule has 0 bridgehead atoms. The first-order valence-corrected chi connectivity index (χ1v) is 4.73. The zero-order valence-electron chi connectivity index (χ0n) is 7.55. The van der Waals surface area contributed by atoms with Gasteiger partial charge in [-0.3, -0.25) is 4.79 Å². The summed E-state index contributed by atoms with van der Waals surface area (Å²) < 4.78 is 1.48. The Hall–Kier alpha value is -0.710. The molecule has 2 N–H and O–H groups in total. The van der Waals surface area contributed by atoms with Crippen molar-refractivity contribution in [1.82, 2.24) is 9.88 Å². The van der Waals surface area contributed by atoms with E-state index in [1.165, 1.54) is 10.6 Å². The van der Waals surface area contributed by atoms with Crippen LogP contribution in [-0.4, -0.2) is 28.7 Å². The molecule has 0 unspecified atom stereocenters. The molecule has 1 rings (SSSR count). The Kier molecular flexibility index (Phi) is 3.80. The van der Waals surface area contributed by atoms with Gasteiger partial charge in [0.05, 0.1) is 11.6 Å². The number of carbonyl (C=O) groups is 1. The van der Waals surface area contributed by atoms with E-state index in [9.17, 15) is 4.79 Å². The van der Waals surface area contributed by atoms with E-state index in [2.05, 4.69) is 5.32 Å². The second kappa shape index (κ2) is 4.68. The van der Waals surface area contributed by atoms with Gasteiger partial charge in [-0.15, -0.1) is 0 Å². The fourth-order valence-corrected chi connectivity index (χ4v) is 1.40. The Labute approximate surface area is 91.4 Å². The van der Waals surface area contributed by atoms with Gasteiger partial charge in [0.1, 0.15) is 10.8 Å². The van der Waals surface area contributed by atoms with E-state index in [4.69, 9.17) is 28.3 Å². The van der Waals surface area contributed by atoms with Gasteiger partial charge in [0, 0.05) is 13.6 Å². The normalized spacial score (nSPS) is 10.3.